The van der Waals surface area contributed by atoms with Crippen molar-refractivity contribution in [3.05, 3.63) is 65.7 Å². The highest BCUT2D eigenvalue weighted by atomic mass is 16.5. The molecule has 1 atom stereocenters. The van der Waals surface area contributed by atoms with E-state index in [0.29, 0.717) is 12.0 Å². The molecule has 4 rings (SSSR count). The summed E-state index contributed by atoms with van der Waals surface area (Å²) in [6, 6.07) is 18.9. The minimum Gasteiger partial charge on any atom is -0.489 e. The van der Waals surface area contributed by atoms with Crippen molar-refractivity contribution in [2.24, 2.45) is 5.41 Å². The lowest BCUT2D eigenvalue weighted by Crippen LogP contribution is -2.28. The summed E-state index contributed by atoms with van der Waals surface area (Å²) in [5.41, 5.74) is 3.14. The topological polar surface area (TPSA) is 24.5 Å². The molecule has 0 amide bonds. The molecule has 2 fully saturated rings. The molecule has 3 nitrogen and oxygen atoms in total. The summed E-state index contributed by atoms with van der Waals surface area (Å²) in [7, 11) is 0. The zero-order valence-electron chi connectivity index (χ0n) is 14.2. The van der Waals surface area contributed by atoms with Gasteiger partial charge in [-0.3, -0.25) is 4.90 Å². The lowest BCUT2D eigenvalue weighted by molar-refractivity contribution is 0.268. The maximum atomic E-state index is 5.87. The first kappa shape index (κ1) is 15.7. The van der Waals surface area contributed by atoms with Crippen LogP contribution in [0.5, 0.6) is 5.75 Å². The van der Waals surface area contributed by atoms with Crippen molar-refractivity contribution in [3.8, 4) is 5.75 Å². The molecule has 0 bridgehead atoms. The third-order valence-corrected chi connectivity index (χ3v) is 5.43. The van der Waals surface area contributed by atoms with Gasteiger partial charge in [0.15, 0.2) is 0 Å². The summed E-state index contributed by atoms with van der Waals surface area (Å²) >= 11 is 0. The van der Waals surface area contributed by atoms with Gasteiger partial charge >= 0.3 is 0 Å². The Morgan fingerprint density at radius 1 is 0.958 bits per heavy atom. The maximum absolute atomic E-state index is 5.87. The average Bonchev–Trinajstić information content (AvgIpc) is 3.25. The first-order chi connectivity index (χ1) is 11.8. The van der Waals surface area contributed by atoms with E-state index < -0.39 is 0 Å². The smallest absolute Gasteiger partial charge is 0.119 e. The van der Waals surface area contributed by atoms with Crippen LogP contribution in [0.4, 0.5) is 0 Å². The number of benzene rings is 2. The Balaban J connectivity index is 1.30. The standard InChI is InChI=1S/C21H26N2O/c1-2-4-19(5-3-1)15-24-20-8-6-18(7-9-20)14-23-13-11-21(17-23)10-12-22-16-21/h1-9,22H,10-17H2. The van der Waals surface area contributed by atoms with Crippen molar-refractivity contribution in [3.63, 3.8) is 0 Å². The van der Waals surface area contributed by atoms with E-state index in [1.54, 1.807) is 0 Å². The van der Waals surface area contributed by atoms with Crippen molar-refractivity contribution in [2.75, 3.05) is 26.2 Å². The van der Waals surface area contributed by atoms with Gasteiger partial charge in [-0.2, -0.15) is 0 Å². The summed E-state index contributed by atoms with van der Waals surface area (Å²) < 4.78 is 5.87. The Hall–Kier alpha value is -1.84. The van der Waals surface area contributed by atoms with Gasteiger partial charge in [0.05, 0.1) is 0 Å². The van der Waals surface area contributed by atoms with E-state index >= 15 is 0 Å². The second-order valence-electron chi connectivity index (χ2n) is 7.31. The van der Waals surface area contributed by atoms with Crippen LogP contribution in [0, 0.1) is 5.41 Å². The van der Waals surface area contributed by atoms with Gasteiger partial charge in [-0.25, -0.2) is 0 Å². The highest BCUT2D eigenvalue weighted by molar-refractivity contribution is 5.28. The molecule has 0 radical (unpaired) electrons. The van der Waals surface area contributed by atoms with E-state index in [4.69, 9.17) is 4.74 Å². The summed E-state index contributed by atoms with van der Waals surface area (Å²) in [6.07, 6.45) is 2.69. The largest absolute Gasteiger partial charge is 0.489 e. The van der Waals surface area contributed by atoms with Crippen LogP contribution < -0.4 is 10.1 Å². The third-order valence-electron chi connectivity index (χ3n) is 5.43. The second-order valence-corrected chi connectivity index (χ2v) is 7.31. The van der Waals surface area contributed by atoms with Crippen molar-refractivity contribution in [1.29, 1.82) is 0 Å². The first-order valence-corrected chi connectivity index (χ1v) is 9.00. The molecular weight excluding hydrogens is 296 g/mol. The van der Waals surface area contributed by atoms with Gasteiger partial charge in [0.2, 0.25) is 0 Å². The number of nitrogens with one attached hydrogen (secondary N) is 1. The van der Waals surface area contributed by atoms with Crippen molar-refractivity contribution in [2.45, 2.75) is 26.0 Å². The molecule has 2 aliphatic rings. The molecule has 1 N–H and O–H groups in total. The van der Waals surface area contributed by atoms with Gasteiger partial charge in [-0.05, 0) is 54.6 Å². The molecule has 0 aliphatic carbocycles. The van der Waals surface area contributed by atoms with Gasteiger partial charge in [-0.1, -0.05) is 42.5 Å². The molecule has 1 unspecified atom stereocenters. The quantitative estimate of drug-likeness (QED) is 0.912. The van der Waals surface area contributed by atoms with Crippen molar-refractivity contribution in [1.82, 2.24) is 10.2 Å². The Morgan fingerprint density at radius 2 is 1.79 bits per heavy atom. The number of ether oxygens (including phenoxy) is 1. The van der Waals surface area contributed by atoms with Gasteiger partial charge in [0, 0.05) is 19.6 Å². The molecule has 0 aromatic heterocycles. The first-order valence-electron chi connectivity index (χ1n) is 9.00. The fourth-order valence-corrected chi connectivity index (χ4v) is 4.00. The van der Waals surface area contributed by atoms with E-state index in [1.807, 2.05) is 18.2 Å². The fraction of sp³-hybridized carbons (Fsp3) is 0.429. The summed E-state index contributed by atoms with van der Waals surface area (Å²) in [5, 5.41) is 3.53. The van der Waals surface area contributed by atoms with Gasteiger partial charge < -0.3 is 10.1 Å². The highest BCUT2D eigenvalue weighted by Gasteiger charge is 2.39. The van der Waals surface area contributed by atoms with Crippen LogP contribution in [0.15, 0.2) is 54.6 Å². The van der Waals surface area contributed by atoms with E-state index in [0.717, 1.165) is 12.3 Å². The van der Waals surface area contributed by atoms with Crippen LogP contribution in [0.2, 0.25) is 0 Å². The summed E-state index contributed by atoms with van der Waals surface area (Å²) in [6.45, 7) is 6.56. The van der Waals surface area contributed by atoms with E-state index in [2.05, 4.69) is 46.6 Å². The Kier molecular flexibility index (Phi) is 4.54. The molecule has 1 spiro atoms. The Bertz CT molecular complexity index is 647. The highest BCUT2D eigenvalue weighted by Crippen LogP contribution is 2.36. The third kappa shape index (κ3) is 3.63. The normalized spacial score (nSPS) is 23.8. The fourth-order valence-electron chi connectivity index (χ4n) is 4.00. The van der Waals surface area contributed by atoms with Gasteiger partial charge in [0.1, 0.15) is 12.4 Å². The molecule has 3 heteroatoms. The number of rotatable bonds is 5. The summed E-state index contributed by atoms with van der Waals surface area (Å²) in [5.74, 6) is 0.945. The number of hydrogen-bond acceptors (Lipinski definition) is 3. The predicted octanol–water partition coefficient (Wildman–Crippen LogP) is 3.45. The van der Waals surface area contributed by atoms with Crippen LogP contribution in [0.25, 0.3) is 0 Å². The van der Waals surface area contributed by atoms with Crippen LogP contribution in [-0.2, 0) is 13.2 Å². The SMILES string of the molecule is c1ccc(COc2ccc(CN3CCC4(CCNC4)C3)cc2)cc1. The van der Waals surface area contributed by atoms with E-state index in [9.17, 15) is 0 Å². The zero-order valence-corrected chi connectivity index (χ0v) is 14.2. The van der Waals surface area contributed by atoms with Crippen LogP contribution in [0.3, 0.4) is 0 Å². The number of likely N-dealkylation sites (tertiary alicyclic amines) is 1. The van der Waals surface area contributed by atoms with Crippen molar-refractivity contribution >= 4 is 0 Å². The molecule has 126 valence electrons. The maximum Gasteiger partial charge on any atom is 0.119 e. The zero-order chi connectivity index (χ0) is 16.2. The average molecular weight is 322 g/mol. The molecular formula is C21H26N2O. The molecule has 2 aliphatic heterocycles. The lowest BCUT2D eigenvalue weighted by atomic mass is 9.86. The predicted molar refractivity (Wildman–Crippen MR) is 97.0 cm³/mol. The lowest BCUT2D eigenvalue weighted by Gasteiger charge is -2.22. The number of nitrogens with zero attached hydrogens (tertiary/aromatic N) is 1. The second kappa shape index (κ2) is 6.96. The van der Waals surface area contributed by atoms with Crippen LogP contribution in [0.1, 0.15) is 24.0 Å². The number of hydrogen-bond donors (Lipinski definition) is 1. The monoisotopic (exact) mass is 322 g/mol. The van der Waals surface area contributed by atoms with E-state index in [1.165, 1.54) is 50.1 Å². The molecule has 24 heavy (non-hydrogen) atoms. The van der Waals surface area contributed by atoms with Crippen LogP contribution in [-0.4, -0.2) is 31.1 Å². The minimum absolute atomic E-state index is 0.554. The van der Waals surface area contributed by atoms with E-state index in [-0.39, 0.29) is 0 Å². The molecule has 2 saturated heterocycles. The minimum atomic E-state index is 0.554. The van der Waals surface area contributed by atoms with Gasteiger partial charge in [-0.15, -0.1) is 0 Å². The van der Waals surface area contributed by atoms with Crippen molar-refractivity contribution < 1.29 is 4.74 Å². The molecule has 2 aromatic rings. The Labute approximate surface area is 144 Å². The Morgan fingerprint density at radius 3 is 2.54 bits per heavy atom. The van der Waals surface area contributed by atoms with Gasteiger partial charge in [0.25, 0.3) is 0 Å². The molecule has 2 heterocycles. The molecule has 0 saturated carbocycles. The van der Waals surface area contributed by atoms with Crippen LogP contribution >= 0.6 is 0 Å². The summed E-state index contributed by atoms with van der Waals surface area (Å²) in [4.78, 5) is 2.60. The molecule has 2 aromatic carbocycles.